The summed E-state index contributed by atoms with van der Waals surface area (Å²) >= 11 is 8.96. The maximum absolute atomic E-state index is 14.4. The summed E-state index contributed by atoms with van der Waals surface area (Å²) in [6.45, 7) is 1.38. The molecule has 0 saturated carbocycles. The van der Waals surface area contributed by atoms with Crippen molar-refractivity contribution < 1.29 is 18.3 Å². The summed E-state index contributed by atoms with van der Waals surface area (Å²) in [6, 6.07) is 9.61. The Balaban J connectivity index is 2.03. The molecule has 1 atom stereocenters. The van der Waals surface area contributed by atoms with Crippen LogP contribution in [0.1, 0.15) is 24.4 Å². The highest BCUT2D eigenvalue weighted by Gasteiger charge is 2.21. The number of alkyl halides is 1. The zero-order chi connectivity index (χ0) is 21.1. The Morgan fingerprint density at radius 2 is 1.97 bits per heavy atom. The fourth-order valence-electron chi connectivity index (χ4n) is 2.62. The van der Waals surface area contributed by atoms with Crippen molar-refractivity contribution in [2.24, 2.45) is 0 Å². The van der Waals surface area contributed by atoms with Crippen molar-refractivity contribution in [3.05, 3.63) is 79.6 Å². The SMILES string of the molecule is COc1ccc(Cn2cnc(C(C)F)c(Oc3cc(Cl)cc(Br)c3F)c2=O)cc1. The minimum Gasteiger partial charge on any atom is -0.497 e. The fourth-order valence-corrected chi connectivity index (χ4v) is 3.40. The van der Waals surface area contributed by atoms with Gasteiger partial charge in [0.25, 0.3) is 5.56 Å². The Labute approximate surface area is 179 Å². The normalized spacial score (nSPS) is 11.9. The van der Waals surface area contributed by atoms with Crippen LogP contribution in [0.4, 0.5) is 8.78 Å². The zero-order valence-corrected chi connectivity index (χ0v) is 17.8. The van der Waals surface area contributed by atoms with Crippen LogP contribution in [-0.4, -0.2) is 16.7 Å². The van der Waals surface area contributed by atoms with Gasteiger partial charge in [0.2, 0.25) is 5.75 Å². The number of nitrogens with zero attached hydrogens (tertiary/aromatic N) is 2. The number of benzene rings is 2. The van der Waals surface area contributed by atoms with Crippen LogP contribution >= 0.6 is 27.5 Å². The lowest BCUT2D eigenvalue weighted by molar-refractivity contribution is 0.341. The molecule has 0 radical (unpaired) electrons. The van der Waals surface area contributed by atoms with Gasteiger partial charge in [0.15, 0.2) is 11.6 Å². The standard InChI is InChI=1S/C20H16BrClF2N2O3/c1-11(23)18-19(29-16-8-13(22)7-15(21)17(16)24)20(27)26(10-25-18)9-12-3-5-14(28-2)6-4-12/h3-8,10-11H,9H2,1-2H3. The maximum atomic E-state index is 14.4. The Morgan fingerprint density at radius 1 is 1.28 bits per heavy atom. The summed E-state index contributed by atoms with van der Waals surface area (Å²) in [5.74, 6) is -0.805. The molecule has 0 aliphatic rings. The molecule has 0 spiro atoms. The number of rotatable bonds is 6. The number of aromatic nitrogens is 2. The van der Waals surface area contributed by atoms with Crippen LogP contribution in [0, 0.1) is 5.82 Å². The summed E-state index contributed by atoms with van der Waals surface area (Å²) < 4.78 is 40.3. The van der Waals surface area contributed by atoms with Gasteiger partial charge in [0.1, 0.15) is 17.6 Å². The molecule has 1 heterocycles. The van der Waals surface area contributed by atoms with E-state index < -0.39 is 23.3 Å². The van der Waals surface area contributed by atoms with E-state index in [1.807, 2.05) is 0 Å². The first-order chi connectivity index (χ1) is 13.8. The van der Waals surface area contributed by atoms with E-state index >= 15 is 0 Å². The average molecular weight is 486 g/mol. The molecule has 0 amide bonds. The van der Waals surface area contributed by atoms with Crippen LogP contribution in [0.5, 0.6) is 17.2 Å². The van der Waals surface area contributed by atoms with Crippen molar-refractivity contribution in [3.63, 3.8) is 0 Å². The molecule has 1 unspecified atom stereocenters. The molecule has 29 heavy (non-hydrogen) atoms. The van der Waals surface area contributed by atoms with Crippen LogP contribution in [0.25, 0.3) is 0 Å². The molecule has 152 valence electrons. The second-order valence-electron chi connectivity index (χ2n) is 6.16. The molecule has 2 aromatic carbocycles. The summed E-state index contributed by atoms with van der Waals surface area (Å²) in [5, 5.41) is 0.186. The van der Waals surface area contributed by atoms with Crippen LogP contribution in [0.2, 0.25) is 5.02 Å². The van der Waals surface area contributed by atoms with E-state index in [2.05, 4.69) is 20.9 Å². The molecule has 1 aromatic heterocycles. The fraction of sp³-hybridized carbons (Fsp3) is 0.200. The summed E-state index contributed by atoms with van der Waals surface area (Å²) in [6.07, 6.45) is -0.367. The summed E-state index contributed by atoms with van der Waals surface area (Å²) in [4.78, 5) is 17.0. The lowest BCUT2D eigenvalue weighted by Crippen LogP contribution is -2.24. The smallest absolute Gasteiger partial charge is 0.297 e. The largest absolute Gasteiger partial charge is 0.497 e. The van der Waals surface area contributed by atoms with Crippen molar-refractivity contribution in [1.82, 2.24) is 9.55 Å². The number of halogens is 4. The van der Waals surface area contributed by atoms with Gasteiger partial charge in [0.05, 0.1) is 24.5 Å². The second-order valence-corrected chi connectivity index (χ2v) is 7.45. The lowest BCUT2D eigenvalue weighted by atomic mass is 10.2. The van der Waals surface area contributed by atoms with Crippen LogP contribution < -0.4 is 15.0 Å². The van der Waals surface area contributed by atoms with E-state index in [-0.39, 0.29) is 27.5 Å². The topological polar surface area (TPSA) is 53.4 Å². The predicted octanol–water partition coefficient (Wildman–Crippen LogP) is 5.68. The summed E-state index contributed by atoms with van der Waals surface area (Å²) in [5.41, 5.74) is -0.0827. The zero-order valence-electron chi connectivity index (χ0n) is 15.5. The van der Waals surface area contributed by atoms with Gasteiger partial charge in [-0.15, -0.1) is 0 Å². The minimum atomic E-state index is -1.60. The van der Waals surface area contributed by atoms with Gasteiger partial charge in [-0.2, -0.15) is 0 Å². The third-order valence-corrected chi connectivity index (χ3v) is 4.88. The van der Waals surface area contributed by atoms with Crippen LogP contribution in [-0.2, 0) is 6.54 Å². The number of hydrogen-bond acceptors (Lipinski definition) is 4. The Bertz CT molecular complexity index is 1090. The molecule has 5 nitrogen and oxygen atoms in total. The van der Waals surface area contributed by atoms with E-state index in [0.717, 1.165) is 5.56 Å². The van der Waals surface area contributed by atoms with E-state index in [4.69, 9.17) is 21.1 Å². The van der Waals surface area contributed by atoms with Crippen LogP contribution in [0.15, 0.2) is 52.0 Å². The lowest BCUT2D eigenvalue weighted by Gasteiger charge is -2.14. The highest BCUT2D eigenvalue weighted by molar-refractivity contribution is 9.10. The molecular formula is C20H16BrClF2N2O3. The molecular weight excluding hydrogens is 470 g/mol. The first kappa shape index (κ1) is 21.3. The molecule has 3 aromatic rings. The Hall–Kier alpha value is -2.45. The molecule has 3 rings (SSSR count). The molecule has 0 bridgehead atoms. The number of hydrogen-bond donors (Lipinski definition) is 0. The van der Waals surface area contributed by atoms with Crippen LogP contribution in [0.3, 0.4) is 0 Å². The van der Waals surface area contributed by atoms with Gasteiger partial charge in [-0.3, -0.25) is 9.36 Å². The Kier molecular flexibility index (Phi) is 6.54. The van der Waals surface area contributed by atoms with E-state index in [0.29, 0.717) is 5.75 Å². The number of methoxy groups -OCH3 is 1. The highest BCUT2D eigenvalue weighted by Crippen LogP contribution is 2.34. The maximum Gasteiger partial charge on any atom is 0.297 e. The first-order valence-electron chi connectivity index (χ1n) is 8.49. The Morgan fingerprint density at radius 3 is 2.59 bits per heavy atom. The third kappa shape index (κ3) is 4.76. The van der Waals surface area contributed by atoms with Crippen molar-refractivity contribution in [1.29, 1.82) is 0 Å². The predicted molar refractivity (Wildman–Crippen MR) is 109 cm³/mol. The monoisotopic (exact) mass is 484 g/mol. The molecule has 0 fully saturated rings. The van der Waals surface area contributed by atoms with Gasteiger partial charge < -0.3 is 9.47 Å². The van der Waals surface area contributed by atoms with E-state index in [9.17, 15) is 13.6 Å². The van der Waals surface area contributed by atoms with Crippen molar-refractivity contribution in [3.8, 4) is 17.2 Å². The third-order valence-electron chi connectivity index (χ3n) is 4.08. The highest BCUT2D eigenvalue weighted by atomic mass is 79.9. The molecule has 9 heteroatoms. The van der Waals surface area contributed by atoms with Crippen molar-refractivity contribution in [2.45, 2.75) is 19.6 Å². The minimum absolute atomic E-state index is 0.0531. The first-order valence-corrected chi connectivity index (χ1v) is 9.66. The molecule has 0 aliphatic carbocycles. The van der Waals surface area contributed by atoms with Crippen molar-refractivity contribution in [2.75, 3.05) is 7.11 Å². The van der Waals surface area contributed by atoms with Crippen molar-refractivity contribution >= 4 is 27.5 Å². The van der Waals surface area contributed by atoms with E-state index in [1.165, 1.54) is 30.0 Å². The van der Waals surface area contributed by atoms with Gasteiger partial charge in [-0.25, -0.2) is 13.8 Å². The summed E-state index contributed by atoms with van der Waals surface area (Å²) in [7, 11) is 1.55. The molecule has 0 aliphatic heterocycles. The van der Waals surface area contributed by atoms with Gasteiger partial charge in [-0.05, 0) is 46.6 Å². The average Bonchev–Trinajstić information content (AvgIpc) is 2.69. The van der Waals surface area contributed by atoms with Gasteiger partial charge in [0, 0.05) is 11.1 Å². The molecule has 0 N–H and O–H groups in total. The van der Waals surface area contributed by atoms with Gasteiger partial charge in [-0.1, -0.05) is 23.7 Å². The van der Waals surface area contributed by atoms with E-state index in [1.54, 1.807) is 31.4 Å². The van der Waals surface area contributed by atoms with Gasteiger partial charge >= 0.3 is 0 Å². The quantitative estimate of drug-likeness (QED) is 0.422. The number of ether oxygens (including phenoxy) is 2. The molecule has 0 saturated heterocycles. The second kappa shape index (κ2) is 8.92.